The Labute approximate surface area is 204 Å². The lowest BCUT2D eigenvalue weighted by Crippen LogP contribution is -2.29. The second-order valence-electron chi connectivity index (χ2n) is 8.73. The van der Waals surface area contributed by atoms with E-state index in [4.69, 9.17) is 4.74 Å². The summed E-state index contributed by atoms with van der Waals surface area (Å²) in [6.07, 6.45) is 0.834. The Bertz CT molecular complexity index is 1330. The van der Waals surface area contributed by atoms with Gasteiger partial charge in [0.25, 0.3) is 11.7 Å². The standard InChI is InChI=1S/C29H27NO5/c1-5-20-9-11-21(12-10-20)27(32)25-26(22-7-6-8-24(16-22)35-19(4)31)30(29(34)28(25)33)23-14-17(2)13-18(3)15-23/h6-16,26,32H,5H2,1-4H3/b27-25+. The van der Waals surface area contributed by atoms with E-state index in [1.807, 2.05) is 51.1 Å². The van der Waals surface area contributed by atoms with Crippen molar-refractivity contribution in [3.63, 3.8) is 0 Å². The number of Topliss-reactive ketones (excluding diaryl/α,β-unsaturated/α-hetero) is 1. The fourth-order valence-electron chi connectivity index (χ4n) is 4.47. The van der Waals surface area contributed by atoms with Crippen LogP contribution in [0.25, 0.3) is 5.76 Å². The molecule has 0 radical (unpaired) electrons. The van der Waals surface area contributed by atoms with Crippen LogP contribution >= 0.6 is 0 Å². The van der Waals surface area contributed by atoms with Gasteiger partial charge in [0.2, 0.25) is 0 Å². The predicted octanol–water partition coefficient (Wildman–Crippen LogP) is 5.42. The van der Waals surface area contributed by atoms with E-state index in [0.717, 1.165) is 23.1 Å². The number of aliphatic hydroxyl groups is 1. The van der Waals surface area contributed by atoms with E-state index < -0.39 is 23.7 Å². The minimum absolute atomic E-state index is 0.0154. The van der Waals surface area contributed by atoms with Crippen molar-refractivity contribution < 1.29 is 24.2 Å². The van der Waals surface area contributed by atoms with Crippen LogP contribution in [0.2, 0.25) is 0 Å². The normalized spacial score (nSPS) is 17.0. The molecule has 4 rings (SSSR count). The molecule has 1 atom stereocenters. The number of carbonyl (C=O) groups is 3. The molecule has 1 heterocycles. The highest BCUT2D eigenvalue weighted by atomic mass is 16.5. The van der Waals surface area contributed by atoms with Gasteiger partial charge in [-0.2, -0.15) is 0 Å². The van der Waals surface area contributed by atoms with Crippen LogP contribution < -0.4 is 9.64 Å². The summed E-state index contributed by atoms with van der Waals surface area (Å²) in [6.45, 7) is 7.16. The lowest BCUT2D eigenvalue weighted by Gasteiger charge is -2.26. The minimum atomic E-state index is -0.905. The lowest BCUT2D eigenvalue weighted by atomic mass is 9.94. The largest absolute Gasteiger partial charge is 0.507 e. The summed E-state index contributed by atoms with van der Waals surface area (Å²) in [5, 5.41) is 11.3. The zero-order valence-corrected chi connectivity index (χ0v) is 20.2. The van der Waals surface area contributed by atoms with E-state index in [9.17, 15) is 19.5 Å². The topological polar surface area (TPSA) is 83.9 Å². The van der Waals surface area contributed by atoms with E-state index in [1.165, 1.54) is 11.8 Å². The van der Waals surface area contributed by atoms with Gasteiger partial charge in [0, 0.05) is 18.2 Å². The van der Waals surface area contributed by atoms with Crippen LogP contribution in [0.3, 0.4) is 0 Å². The molecule has 6 nitrogen and oxygen atoms in total. The highest BCUT2D eigenvalue weighted by molar-refractivity contribution is 6.51. The third-order valence-electron chi connectivity index (χ3n) is 6.00. The third kappa shape index (κ3) is 4.73. The van der Waals surface area contributed by atoms with E-state index in [-0.39, 0.29) is 17.1 Å². The quantitative estimate of drug-likeness (QED) is 0.177. The molecule has 3 aromatic carbocycles. The third-order valence-corrected chi connectivity index (χ3v) is 6.00. The minimum Gasteiger partial charge on any atom is -0.507 e. The number of anilines is 1. The Balaban J connectivity index is 1.94. The highest BCUT2D eigenvalue weighted by Gasteiger charge is 2.47. The molecule has 1 aliphatic heterocycles. The van der Waals surface area contributed by atoms with Crippen molar-refractivity contribution in [2.75, 3.05) is 4.90 Å². The molecule has 1 saturated heterocycles. The number of aliphatic hydroxyl groups excluding tert-OH is 1. The van der Waals surface area contributed by atoms with E-state index >= 15 is 0 Å². The van der Waals surface area contributed by atoms with Crippen LogP contribution in [-0.4, -0.2) is 22.8 Å². The van der Waals surface area contributed by atoms with Crippen molar-refractivity contribution in [3.05, 3.63) is 100 Å². The highest BCUT2D eigenvalue weighted by Crippen LogP contribution is 2.43. The molecule has 6 heteroatoms. The van der Waals surface area contributed by atoms with Crippen LogP contribution in [0.5, 0.6) is 5.75 Å². The number of ether oxygens (including phenoxy) is 1. The maximum Gasteiger partial charge on any atom is 0.308 e. The number of carbonyl (C=O) groups excluding carboxylic acids is 3. The van der Waals surface area contributed by atoms with Gasteiger partial charge in [-0.05, 0) is 66.8 Å². The number of ketones is 1. The van der Waals surface area contributed by atoms with Crippen LogP contribution in [0.15, 0.2) is 72.3 Å². The lowest BCUT2D eigenvalue weighted by molar-refractivity contribution is -0.132. The smallest absolute Gasteiger partial charge is 0.308 e. The number of nitrogens with zero attached hydrogens (tertiary/aromatic N) is 1. The monoisotopic (exact) mass is 469 g/mol. The molecule has 0 saturated carbocycles. The number of hydrogen-bond acceptors (Lipinski definition) is 5. The molecule has 0 spiro atoms. The first-order valence-electron chi connectivity index (χ1n) is 11.5. The summed E-state index contributed by atoms with van der Waals surface area (Å²) < 4.78 is 5.25. The summed E-state index contributed by atoms with van der Waals surface area (Å²) in [5.41, 5.74) is 4.47. The Morgan fingerprint density at radius 1 is 0.971 bits per heavy atom. The molecular formula is C29H27NO5. The van der Waals surface area contributed by atoms with Gasteiger partial charge < -0.3 is 9.84 Å². The Kier molecular flexibility index (Phi) is 6.56. The fourth-order valence-corrected chi connectivity index (χ4v) is 4.47. The van der Waals surface area contributed by atoms with Crippen molar-refractivity contribution >= 4 is 29.1 Å². The number of benzene rings is 3. The second kappa shape index (κ2) is 9.58. The van der Waals surface area contributed by atoms with Crippen molar-refractivity contribution in [3.8, 4) is 5.75 Å². The number of amides is 1. The molecule has 0 aromatic heterocycles. The second-order valence-corrected chi connectivity index (χ2v) is 8.73. The molecule has 1 N–H and O–H groups in total. The number of aryl methyl sites for hydroxylation is 3. The van der Waals surface area contributed by atoms with E-state index in [2.05, 4.69) is 0 Å². The van der Waals surface area contributed by atoms with E-state index in [1.54, 1.807) is 36.4 Å². The zero-order valence-electron chi connectivity index (χ0n) is 20.2. The summed E-state index contributed by atoms with van der Waals surface area (Å²) in [6, 6.07) is 18.6. The molecule has 3 aromatic rings. The van der Waals surface area contributed by atoms with Crippen LogP contribution in [0.1, 0.15) is 47.7 Å². The molecule has 1 unspecified atom stereocenters. The van der Waals surface area contributed by atoms with Gasteiger partial charge in [-0.25, -0.2) is 0 Å². The van der Waals surface area contributed by atoms with Gasteiger partial charge in [0.1, 0.15) is 11.5 Å². The molecule has 35 heavy (non-hydrogen) atoms. The van der Waals surface area contributed by atoms with Gasteiger partial charge in [-0.1, -0.05) is 49.4 Å². The number of hydrogen-bond donors (Lipinski definition) is 1. The van der Waals surface area contributed by atoms with Gasteiger partial charge in [0.05, 0.1) is 11.6 Å². The van der Waals surface area contributed by atoms with Crippen molar-refractivity contribution in [1.82, 2.24) is 0 Å². The first kappa shape index (κ1) is 24.0. The first-order chi connectivity index (χ1) is 16.7. The Hall–Kier alpha value is -4.19. The first-order valence-corrected chi connectivity index (χ1v) is 11.5. The molecule has 1 aliphatic rings. The average Bonchev–Trinajstić information content (AvgIpc) is 3.08. The van der Waals surface area contributed by atoms with Crippen molar-refractivity contribution in [1.29, 1.82) is 0 Å². The van der Waals surface area contributed by atoms with Gasteiger partial charge in [-0.15, -0.1) is 0 Å². The molecular weight excluding hydrogens is 442 g/mol. The Morgan fingerprint density at radius 2 is 1.63 bits per heavy atom. The fraction of sp³-hybridized carbons (Fsp3) is 0.207. The van der Waals surface area contributed by atoms with Gasteiger partial charge in [-0.3, -0.25) is 19.3 Å². The maximum atomic E-state index is 13.4. The summed E-state index contributed by atoms with van der Waals surface area (Å²) in [7, 11) is 0. The Morgan fingerprint density at radius 3 is 2.23 bits per heavy atom. The van der Waals surface area contributed by atoms with E-state index in [0.29, 0.717) is 16.8 Å². The van der Waals surface area contributed by atoms with Gasteiger partial charge >= 0.3 is 5.97 Å². The van der Waals surface area contributed by atoms with Crippen LogP contribution in [0.4, 0.5) is 5.69 Å². The zero-order chi connectivity index (χ0) is 25.3. The summed E-state index contributed by atoms with van der Waals surface area (Å²) in [5.74, 6) is -1.95. The molecule has 1 amide bonds. The molecule has 0 aliphatic carbocycles. The summed E-state index contributed by atoms with van der Waals surface area (Å²) in [4.78, 5) is 39.7. The number of rotatable bonds is 5. The predicted molar refractivity (Wildman–Crippen MR) is 134 cm³/mol. The van der Waals surface area contributed by atoms with Gasteiger partial charge in [0.15, 0.2) is 0 Å². The number of esters is 1. The molecule has 1 fully saturated rings. The maximum absolute atomic E-state index is 13.4. The molecule has 178 valence electrons. The molecule has 0 bridgehead atoms. The SMILES string of the molecule is CCc1ccc(/C(O)=C2\C(=O)C(=O)N(c3cc(C)cc(C)c3)C2c2cccc(OC(C)=O)c2)cc1. The van der Waals surface area contributed by atoms with Crippen molar-refractivity contribution in [2.24, 2.45) is 0 Å². The van der Waals surface area contributed by atoms with Crippen LogP contribution in [0, 0.1) is 13.8 Å². The van der Waals surface area contributed by atoms with Crippen LogP contribution in [-0.2, 0) is 20.8 Å². The van der Waals surface area contributed by atoms with Crippen molar-refractivity contribution in [2.45, 2.75) is 40.2 Å². The average molecular weight is 470 g/mol. The summed E-state index contributed by atoms with van der Waals surface area (Å²) >= 11 is 0.